The second kappa shape index (κ2) is 2.96. The SMILES string of the molecule is CNc1nc(C)cc(Br)n1. The van der Waals surface area contributed by atoms with Crippen molar-refractivity contribution in [3.8, 4) is 0 Å². The molecule has 0 aliphatic rings. The maximum absolute atomic E-state index is 4.10. The first kappa shape index (κ1) is 7.47. The molecule has 0 radical (unpaired) electrons. The summed E-state index contributed by atoms with van der Waals surface area (Å²) in [5.74, 6) is 0.645. The van der Waals surface area contributed by atoms with Crippen molar-refractivity contribution in [2.75, 3.05) is 12.4 Å². The van der Waals surface area contributed by atoms with Crippen molar-refractivity contribution in [1.82, 2.24) is 9.97 Å². The highest BCUT2D eigenvalue weighted by Crippen LogP contribution is 2.09. The van der Waals surface area contributed by atoms with E-state index < -0.39 is 0 Å². The minimum atomic E-state index is 0.645. The van der Waals surface area contributed by atoms with Gasteiger partial charge < -0.3 is 5.32 Å². The van der Waals surface area contributed by atoms with Gasteiger partial charge in [0.2, 0.25) is 5.95 Å². The highest BCUT2D eigenvalue weighted by molar-refractivity contribution is 9.10. The Hall–Kier alpha value is -0.640. The van der Waals surface area contributed by atoms with Crippen molar-refractivity contribution in [2.24, 2.45) is 0 Å². The van der Waals surface area contributed by atoms with E-state index in [0.717, 1.165) is 10.3 Å². The first-order valence-corrected chi connectivity index (χ1v) is 3.70. The number of rotatable bonds is 1. The number of halogens is 1. The molecule has 4 heteroatoms. The van der Waals surface area contributed by atoms with Crippen molar-refractivity contribution in [3.05, 3.63) is 16.4 Å². The van der Waals surface area contributed by atoms with Gasteiger partial charge in [-0.2, -0.15) is 0 Å². The van der Waals surface area contributed by atoms with Crippen LogP contribution in [0.4, 0.5) is 5.95 Å². The first-order valence-electron chi connectivity index (χ1n) is 2.91. The number of hydrogen-bond donors (Lipinski definition) is 1. The Kier molecular flexibility index (Phi) is 2.21. The molecule has 1 rings (SSSR count). The summed E-state index contributed by atoms with van der Waals surface area (Å²) in [5, 5.41) is 2.86. The molecular weight excluding hydrogens is 194 g/mol. The van der Waals surface area contributed by atoms with Crippen LogP contribution in [0.5, 0.6) is 0 Å². The third-order valence-electron chi connectivity index (χ3n) is 1.05. The molecule has 0 aliphatic heterocycles. The minimum absolute atomic E-state index is 0.645. The van der Waals surface area contributed by atoms with Gasteiger partial charge in [0, 0.05) is 12.7 Å². The Labute approximate surface area is 68.0 Å². The van der Waals surface area contributed by atoms with Crippen LogP contribution in [0.1, 0.15) is 5.69 Å². The van der Waals surface area contributed by atoms with Crippen molar-refractivity contribution < 1.29 is 0 Å². The van der Waals surface area contributed by atoms with E-state index in [0.29, 0.717) is 5.95 Å². The number of anilines is 1. The predicted molar refractivity (Wildman–Crippen MR) is 44.0 cm³/mol. The molecule has 0 bridgehead atoms. The summed E-state index contributed by atoms with van der Waals surface area (Å²) in [4.78, 5) is 8.15. The molecule has 0 aliphatic carbocycles. The number of aromatic nitrogens is 2. The van der Waals surface area contributed by atoms with E-state index in [-0.39, 0.29) is 0 Å². The zero-order valence-corrected chi connectivity index (χ0v) is 7.44. The molecular formula is C6H8BrN3. The molecule has 54 valence electrons. The summed E-state index contributed by atoms with van der Waals surface area (Å²) in [6.07, 6.45) is 0. The highest BCUT2D eigenvalue weighted by Gasteiger charge is 1.95. The van der Waals surface area contributed by atoms with Crippen LogP contribution >= 0.6 is 15.9 Å². The van der Waals surface area contributed by atoms with E-state index in [1.807, 2.05) is 13.0 Å². The summed E-state index contributed by atoms with van der Waals surface area (Å²) >= 11 is 3.26. The fourth-order valence-corrected chi connectivity index (χ4v) is 1.14. The van der Waals surface area contributed by atoms with Crippen LogP contribution in [0, 0.1) is 6.92 Å². The van der Waals surface area contributed by atoms with Gasteiger partial charge in [0.15, 0.2) is 0 Å². The van der Waals surface area contributed by atoms with Gasteiger partial charge in [-0.1, -0.05) is 0 Å². The maximum Gasteiger partial charge on any atom is 0.223 e. The van der Waals surface area contributed by atoms with E-state index in [1.54, 1.807) is 7.05 Å². The van der Waals surface area contributed by atoms with E-state index in [2.05, 4.69) is 31.2 Å². The normalized spacial score (nSPS) is 9.50. The molecule has 10 heavy (non-hydrogen) atoms. The number of aryl methyl sites for hydroxylation is 1. The molecule has 1 heterocycles. The third-order valence-corrected chi connectivity index (χ3v) is 1.45. The molecule has 1 aromatic heterocycles. The Morgan fingerprint density at radius 1 is 1.50 bits per heavy atom. The minimum Gasteiger partial charge on any atom is -0.357 e. The molecule has 1 aromatic rings. The quantitative estimate of drug-likeness (QED) is 0.702. The van der Waals surface area contributed by atoms with E-state index in [9.17, 15) is 0 Å². The van der Waals surface area contributed by atoms with Crippen LogP contribution < -0.4 is 5.32 Å². The summed E-state index contributed by atoms with van der Waals surface area (Å²) in [5.41, 5.74) is 0.950. The van der Waals surface area contributed by atoms with Crippen LogP contribution in [0.2, 0.25) is 0 Å². The standard InChI is InChI=1S/C6H8BrN3/c1-4-3-5(7)10-6(8-2)9-4/h3H,1-2H3,(H,8,9,10). The van der Waals surface area contributed by atoms with E-state index >= 15 is 0 Å². The van der Waals surface area contributed by atoms with Gasteiger partial charge in [0.25, 0.3) is 0 Å². The van der Waals surface area contributed by atoms with E-state index in [1.165, 1.54) is 0 Å². The lowest BCUT2D eigenvalue weighted by Gasteiger charge is -1.98. The van der Waals surface area contributed by atoms with Gasteiger partial charge in [0.05, 0.1) is 0 Å². The van der Waals surface area contributed by atoms with Crippen LogP contribution in [0.15, 0.2) is 10.7 Å². The predicted octanol–water partition coefficient (Wildman–Crippen LogP) is 1.59. The second-order valence-corrected chi connectivity index (χ2v) is 2.72. The summed E-state index contributed by atoms with van der Waals surface area (Å²) in [6.45, 7) is 1.92. The number of nitrogens with one attached hydrogen (secondary N) is 1. The third kappa shape index (κ3) is 1.67. The zero-order valence-electron chi connectivity index (χ0n) is 5.85. The van der Waals surface area contributed by atoms with Gasteiger partial charge in [-0.05, 0) is 28.9 Å². The van der Waals surface area contributed by atoms with Crippen LogP contribution in [0.3, 0.4) is 0 Å². The smallest absolute Gasteiger partial charge is 0.223 e. The molecule has 0 saturated heterocycles. The molecule has 0 saturated carbocycles. The molecule has 0 fully saturated rings. The topological polar surface area (TPSA) is 37.8 Å². The average Bonchev–Trinajstić information content (AvgIpc) is 1.85. The van der Waals surface area contributed by atoms with Crippen LogP contribution in [-0.2, 0) is 0 Å². The van der Waals surface area contributed by atoms with Crippen molar-refractivity contribution >= 4 is 21.9 Å². The number of nitrogens with zero attached hydrogens (tertiary/aromatic N) is 2. The fourth-order valence-electron chi connectivity index (χ4n) is 0.642. The van der Waals surface area contributed by atoms with Gasteiger partial charge in [-0.3, -0.25) is 0 Å². The average molecular weight is 202 g/mol. The lowest BCUT2D eigenvalue weighted by molar-refractivity contribution is 1.07. The molecule has 0 unspecified atom stereocenters. The van der Waals surface area contributed by atoms with Crippen molar-refractivity contribution in [3.63, 3.8) is 0 Å². The Morgan fingerprint density at radius 2 is 2.20 bits per heavy atom. The molecule has 0 atom stereocenters. The second-order valence-electron chi connectivity index (χ2n) is 1.91. The number of hydrogen-bond acceptors (Lipinski definition) is 3. The largest absolute Gasteiger partial charge is 0.357 e. The van der Waals surface area contributed by atoms with E-state index in [4.69, 9.17) is 0 Å². The van der Waals surface area contributed by atoms with Crippen LogP contribution in [0.25, 0.3) is 0 Å². The lowest BCUT2D eigenvalue weighted by atomic mass is 10.5. The fraction of sp³-hybridized carbons (Fsp3) is 0.333. The van der Waals surface area contributed by atoms with Crippen molar-refractivity contribution in [1.29, 1.82) is 0 Å². The van der Waals surface area contributed by atoms with Gasteiger partial charge in [0.1, 0.15) is 4.60 Å². The Balaban J connectivity index is 3.06. The summed E-state index contributed by atoms with van der Waals surface area (Å²) in [7, 11) is 1.79. The molecule has 0 amide bonds. The summed E-state index contributed by atoms with van der Waals surface area (Å²) in [6, 6.07) is 1.86. The molecule has 0 spiro atoms. The maximum atomic E-state index is 4.10. The summed E-state index contributed by atoms with van der Waals surface area (Å²) < 4.78 is 0.810. The molecule has 0 aromatic carbocycles. The van der Waals surface area contributed by atoms with Crippen molar-refractivity contribution in [2.45, 2.75) is 6.92 Å². The first-order chi connectivity index (χ1) is 4.72. The Bertz CT molecular complexity index is 216. The highest BCUT2D eigenvalue weighted by atomic mass is 79.9. The van der Waals surface area contributed by atoms with Gasteiger partial charge in [-0.15, -0.1) is 0 Å². The van der Waals surface area contributed by atoms with Gasteiger partial charge >= 0.3 is 0 Å². The zero-order chi connectivity index (χ0) is 7.56. The Morgan fingerprint density at radius 3 is 2.70 bits per heavy atom. The van der Waals surface area contributed by atoms with Gasteiger partial charge in [-0.25, -0.2) is 9.97 Å². The monoisotopic (exact) mass is 201 g/mol. The van der Waals surface area contributed by atoms with Crippen LogP contribution in [-0.4, -0.2) is 17.0 Å². The molecule has 3 nitrogen and oxygen atoms in total. The molecule has 1 N–H and O–H groups in total. The lowest BCUT2D eigenvalue weighted by Crippen LogP contribution is -1.97.